The van der Waals surface area contributed by atoms with E-state index in [0.717, 1.165) is 21.4 Å². The maximum absolute atomic E-state index is 14.4. The number of amides is 4. The Morgan fingerprint density at radius 3 is 2.56 bits per heavy atom. The molecule has 248 valence electrons. The molecule has 2 aliphatic heterocycles. The van der Waals surface area contributed by atoms with Crippen molar-refractivity contribution in [3.63, 3.8) is 0 Å². The van der Waals surface area contributed by atoms with Gasteiger partial charge in [0.25, 0.3) is 0 Å². The highest BCUT2D eigenvalue weighted by atomic mass is 35.5. The zero-order valence-electron chi connectivity index (χ0n) is 26.4. The monoisotopic (exact) mass is 686 g/mol. The maximum Gasteiger partial charge on any atom is 0.367 e. The Balaban J connectivity index is 1.36. The van der Waals surface area contributed by atoms with Crippen LogP contribution in [0, 0.1) is 0 Å². The smallest absolute Gasteiger partial charge is 0.367 e. The van der Waals surface area contributed by atoms with Crippen LogP contribution in [0.4, 0.5) is 4.79 Å². The van der Waals surface area contributed by atoms with Gasteiger partial charge in [-0.25, -0.2) is 24.6 Å². The van der Waals surface area contributed by atoms with Crippen LogP contribution in [0.2, 0.25) is 5.02 Å². The third-order valence-electron chi connectivity index (χ3n) is 8.32. The van der Waals surface area contributed by atoms with Crippen LogP contribution in [0.5, 0.6) is 0 Å². The van der Waals surface area contributed by atoms with Crippen LogP contribution in [0.15, 0.2) is 85.5 Å². The minimum absolute atomic E-state index is 0.0549. The number of carbonyl (C=O) groups excluding carboxylic acids is 4. The highest BCUT2D eigenvalue weighted by Gasteiger charge is 2.51. The first-order chi connectivity index (χ1) is 23.3. The fraction of sp³-hybridized carbons (Fsp3) is 0.286. The predicted octanol–water partition coefficient (Wildman–Crippen LogP) is 4.86. The zero-order valence-corrected chi connectivity index (χ0v) is 28.0. The Hall–Kier alpha value is -4.78. The summed E-state index contributed by atoms with van der Waals surface area (Å²) in [7, 11) is 0. The lowest BCUT2D eigenvalue weighted by atomic mass is 9.98. The van der Waals surface area contributed by atoms with Gasteiger partial charge in [0.1, 0.15) is 12.2 Å². The number of thiazole rings is 1. The lowest BCUT2D eigenvalue weighted by molar-refractivity contribution is -0.189. The number of carbonyl (C=O) groups is 4. The molecule has 4 amide bonds. The van der Waals surface area contributed by atoms with Crippen molar-refractivity contribution >= 4 is 57.0 Å². The first-order valence-electron chi connectivity index (χ1n) is 15.6. The normalized spacial score (nSPS) is 18.2. The summed E-state index contributed by atoms with van der Waals surface area (Å²) in [5.41, 5.74) is 3.07. The van der Waals surface area contributed by atoms with E-state index in [1.807, 2.05) is 60.7 Å². The maximum atomic E-state index is 14.4. The Bertz CT molecular complexity index is 1830. The average Bonchev–Trinajstić information content (AvgIpc) is 3.53. The van der Waals surface area contributed by atoms with Crippen molar-refractivity contribution in [2.24, 2.45) is 0 Å². The molecule has 0 spiro atoms. The van der Waals surface area contributed by atoms with Crippen molar-refractivity contribution in [3.05, 3.63) is 112 Å². The molecular formula is C35H35ClN6O5S. The Labute approximate surface area is 287 Å². The van der Waals surface area contributed by atoms with Gasteiger partial charge in [-0.3, -0.25) is 9.59 Å². The third kappa shape index (κ3) is 6.91. The number of nitrogens with one attached hydrogen (secondary N) is 1. The van der Waals surface area contributed by atoms with Gasteiger partial charge in [-0.2, -0.15) is 0 Å². The number of urea groups is 1. The largest absolute Gasteiger partial charge is 0.461 e. The van der Waals surface area contributed by atoms with E-state index >= 15 is 0 Å². The van der Waals surface area contributed by atoms with E-state index < -0.39 is 24.2 Å². The van der Waals surface area contributed by atoms with Crippen LogP contribution in [-0.2, 0) is 33.8 Å². The zero-order chi connectivity index (χ0) is 33.8. The predicted molar refractivity (Wildman–Crippen MR) is 183 cm³/mol. The van der Waals surface area contributed by atoms with E-state index in [9.17, 15) is 19.2 Å². The van der Waals surface area contributed by atoms with Crippen molar-refractivity contribution in [2.75, 3.05) is 26.2 Å². The van der Waals surface area contributed by atoms with Gasteiger partial charge in [0.15, 0.2) is 0 Å². The average molecular weight is 687 g/mol. The lowest BCUT2D eigenvalue weighted by Crippen LogP contribution is -2.76. The number of halogens is 1. The number of hydrazine groups is 1. The molecule has 4 aromatic rings. The van der Waals surface area contributed by atoms with Crippen LogP contribution >= 0.6 is 22.9 Å². The summed E-state index contributed by atoms with van der Waals surface area (Å²) in [6.45, 7) is 6.45. The third-order valence-corrected chi connectivity index (χ3v) is 9.57. The van der Waals surface area contributed by atoms with E-state index in [1.165, 1.54) is 11.3 Å². The summed E-state index contributed by atoms with van der Waals surface area (Å²) in [6.07, 6.45) is 1.06. The SMILES string of the molecule is C=CCN1CC(=O)N2[C@@H](Cc3ccc(Cl)cc3)C(=O)N(Cc3cccc4sc(C(=O)OCC)nc34)C[C@@H]2N1C(=O)NCc1ccccc1. The van der Waals surface area contributed by atoms with E-state index in [1.54, 1.807) is 45.0 Å². The van der Waals surface area contributed by atoms with Gasteiger partial charge < -0.3 is 19.9 Å². The molecule has 3 heterocycles. The van der Waals surface area contributed by atoms with Crippen molar-refractivity contribution in [1.29, 1.82) is 0 Å². The number of piperazine rings is 1. The minimum Gasteiger partial charge on any atom is -0.461 e. The topological polar surface area (TPSA) is 115 Å². The number of fused-ring (bicyclic) bond motifs is 2. The van der Waals surface area contributed by atoms with E-state index in [2.05, 4.69) is 16.9 Å². The van der Waals surface area contributed by atoms with Crippen LogP contribution in [0.3, 0.4) is 0 Å². The van der Waals surface area contributed by atoms with E-state index in [0.29, 0.717) is 10.5 Å². The molecule has 11 nitrogen and oxygen atoms in total. The van der Waals surface area contributed by atoms with Gasteiger partial charge in [-0.15, -0.1) is 17.9 Å². The number of rotatable bonds is 10. The van der Waals surface area contributed by atoms with E-state index in [4.69, 9.17) is 16.3 Å². The molecule has 6 rings (SSSR count). The molecule has 48 heavy (non-hydrogen) atoms. The Kier molecular flexibility index (Phi) is 10.0. The molecule has 2 saturated heterocycles. The molecule has 1 aromatic heterocycles. The molecule has 2 atom stereocenters. The fourth-order valence-electron chi connectivity index (χ4n) is 6.16. The summed E-state index contributed by atoms with van der Waals surface area (Å²) < 4.78 is 5.95. The summed E-state index contributed by atoms with van der Waals surface area (Å²) >= 11 is 7.38. The van der Waals surface area contributed by atoms with Gasteiger partial charge in [0.2, 0.25) is 16.8 Å². The van der Waals surface area contributed by atoms with Gasteiger partial charge in [0, 0.05) is 31.1 Å². The summed E-state index contributed by atoms with van der Waals surface area (Å²) in [6, 6.07) is 21.0. The molecular weight excluding hydrogens is 652 g/mol. The number of aromatic nitrogens is 1. The number of ether oxygens (including phenoxy) is 1. The molecule has 3 aromatic carbocycles. The number of hydrogen-bond acceptors (Lipinski definition) is 8. The summed E-state index contributed by atoms with van der Waals surface area (Å²) in [5, 5.41) is 7.00. The number of hydrogen-bond donors (Lipinski definition) is 1. The lowest BCUT2D eigenvalue weighted by Gasteiger charge is -2.55. The molecule has 0 radical (unpaired) electrons. The molecule has 2 aliphatic rings. The summed E-state index contributed by atoms with van der Waals surface area (Å²) in [4.78, 5) is 62.5. The second-order valence-corrected chi connectivity index (χ2v) is 12.9. The van der Waals surface area contributed by atoms with Crippen molar-refractivity contribution in [2.45, 2.75) is 38.6 Å². The molecule has 0 saturated carbocycles. The second kappa shape index (κ2) is 14.5. The van der Waals surface area contributed by atoms with E-state index in [-0.39, 0.29) is 62.6 Å². The quantitative estimate of drug-likeness (QED) is 0.187. The van der Waals surface area contributed by atoms with Crippen molar-refractivity contribution in [1.82, 2.24) is 30.1 Å². The highest BCUT2D eigenvalue weighted by Crippen LogP contribution is 2.32. The number of esters is 1. The second-order valence-electron chi connectivity index (χ2n) is 11.5. The van der Waals surface area contributed by atoms with Crippen LogP contribution < -0.4 is 5.32 Å². The van der Waals surface area contributed by atoms with Crippen LogP contribution in [-0.4, -0.2) is 87.1 Å². The first kappa shape index (κ1) is 33.1. The van der Waals surface area contributed by atoms with Crippen LogP contribution in [0.1, 0.15) is 33.4 Å². The van der Waals surface area contributed by atoms with Gasteiger partial charge in [0.05, 0.1) is 29.9 Å². The summed E-state index contributed by atoms with van der Waals surface area (Å²) in [5.74, 6) is -1.02. The molecule has 1 N–H and O–H groups in total. The number of benzene rings is 3. The van der Waals surface area contributed by atoms with Crippen molar-refractivity contribution < 1.29 is 23.9 Å². The Morgan fingerprint density at radius 2 is 1.83 bits per heavy atom. The molecule has 2 fully saturated rings. The van der Waals surface area contributed by atoms with Gasteiger partial charge in [-0.05, 0) is 41.8 Å². The minimum atomic E-state index is -0.891. The highest BCUT2D eigenvalue weighted by molar-refractivity contribution is 7.20. The van der Waals surface area contributed by atoms with Crippen LogP contribution in [0.25, 0.3) is 10.2 Å². The van der Waals surface area contributed by atoms with Gasteiger partial charge in [-0.1, -0.05) is 72.3 Å². The molecule has 0 unspecified atom stereocenters. The first-order valence-corrected chi connectivity index (χ1v) is 16.8. The van der Waals surface area contributed by atoms with Crippen molar-refractivity contribution in [3.8, 4) is 0 Å². The number of nitrogens with zero attached hydrogens (tertiary/aromatic N) is 5. The standard InChI is InChI=1S/C35H35ClN6O5S/c1-3-17-40-22-30(43)41-27(18-23-13-15-26(36)16-14-23)33(44)39(21-29(41)42(40)35(46)37-19-24-9-6-5-7-10-24)20-25-11-8-12-28-31(25)38-32(48-28)34(45)47-4-2/h3,5-16,27,29H,1,4,17-22H2,2H3,(H,37,46)/t27-,29-/m0/s1. The molecule has 0 bridgehead atoms. The number of para-hydroxylation sites is 1. The fourth-order valence-corrected chi connectivity index (χ4v) is 7.19. The van der Waals surface area contributed by atoms with Gasteiger partial charge >= 0.3 is 12.0 Å². The Morgan fingerprint density at radius 1 is 1.06 bits per heavy atom. The molecule has 0 aliphatic carbocycles. The molecule has 13 heteroatoms.